The predicted molar refractivity (Wildman–Crippen MR) is 51.3 cm³/mol. The molecule has 0 amide bonds. The third-order valence-corrected chi connectivity index (χ3v) is 1.28. The van der Waals surface area contributed by atoms with E-state index >= 15 is 0 Å². The smallest absolute Gasteiger partial charge is 0.284 e. The van der Waals surface area contributed by atoms with E-state index in [-0.39, 0.29) is 5.95 Å². The molecule has 0 radical (unpaired) electrons. The third-order valence-electron chi connectivity index (χ3n) is 1.28. The second-order valence-electron chi connectivity index (χ2n) is 1.98. The minimum absolute atomic E-state index is 0.0892. The molecule has 12 heavy (non-hydrogen) atoms. The standard InChI is InChI=1S/C7H5NO2.CH5P/c9-6-4-5-2-1-3-8-7(5)10-6;1-2/h1-4,9H;2H2,1H3. The molecule has 0 aliphatic carbocycles. The van der Waals surface area contributed by atoms with Gasteiger partial charge in [-0.25, -0.2) is 4.98 Å². The van der Waals surface area contributed by atoms with Crippen LogP contribution in [-0.4, -0.2) is 16.8 Å². The molecule has 4 heteroatoms. The summed E-state index contributed by atoms with van der Waals surface area (Å²) < 4.78 is 4.81. The van der Waals surface area contributed by atoms with Gasteiger partial charge in [0.15, 0.2) is 0 Å². The minimum Gasteiger partial charge on any atom is -0.481 e. The van der Waals surface area contributed by atoms with Gasteiger partial charge in [0.05, 0.1) is 0 Å². The van der Waals surface area contributed by atoms with Crippen molar-refractivity contribution in [1.82, 2.24) is 4.98 Å². The Bertz CT molecular complexity index is 326. The molecule has 1 atom stereocenters. The summed E-state index contributed by atoms with van der Waals surface area (Å²) in [6.07, 6.45) is 1.62. The highest BCUT2D eigenvalue weighted by Crippen LogP contribution is 2.20. The zero-order valence-corrected chi connectivity index (χ0v) is 7.84. The molecule has 2 rings (SSSR count). The van der Waals surface area contributed by atoms with Crippen LogP contribution in [0.4, 0.5) is 0 Å². The normalized spacial score (nSPS) is 9.17. The molecule has 0 fully saturated rings. The van der Waals surface area contributed by atoms with Crippen LogP contribution in [-0.2, 0) is 0 Å². The van der Waals surface area contributed by atoms with Gasteiger partial charge in [0.2, 0.25) is 5.71 Å². The zero-order chi connectivity index (χ0) is 8.97. The lowest BCUT2D eigenvalue weighted by Crippen LogP contribution is -1.66. The van der Waals surface area contributed by atoms with Crippen molar-refractivity contribution in [2.45, 2.75) is 0 Å². The van der Waals surface area contributed by atoms with Crippen molar-refractivity contribution < 1.29 is 9.52 Å². The molecule has 64 valence electrons. The SMILES string of the molecule is CP.Oc1cc2cccnc2o1. The van der Waals surface area contributed by atoms with E-state index < -0.39 is 0 Å². The Hall–Kier alpha value is -1.08. The summed E-state index contributed by atoms with van der Waals surface area (Å²) >= 11 is 0. The number of fused-ring (bicyclic) bond motifs is 1. The molecular formula is C8H10NO2P. The maximum Gasteiger partial charge on any atom is 0.284 e. The minimum atomic E-state index is -0.0892. The molecule has 0 bridgehead atoms. The van der Waals surface area contributed by atoms with E-state index in [0.717, 1.165) is 5.39 Å². The maximum atomic E-state index is 8.85. The maximum absolute atomic E-state index is 8.85. The van der Waals surface area contributed by atoms with E-state index in [1.165, 1.54) is 6.07 Å². The molecule has 0 spiro atoms. The molecule has 1 N–H and O–H groups in total. The van der Waals surface area contributed by atoms with Crippen molar-refractivity contribution in [3.8, 4) is 5.95 Å². The third kappa shape index (κ3) is 1.74. The summed E-state index contributed by atoms with van der Waals surface area (Å²) in [5.74, 6) is -0.0892. The van der Waals surface area contributed by atoms with Crippen molar-refractivity contribution in [3.63, 3.8) is 0 Å². The first-order chi connectivity index (χ1) is 5.86. The molecule has 0 aromatic carbocycles. The van der Waals surface area contributed by atoms with E-state index in [2.05, 4.69) is 14.2 Å². The molecule has 2 aromatic heterocycles. The van der Waals surface area contributed by atoms with Crippen LogP contribution < -0.4 is 0 Å². The molecule has 0 aliphatic heterocycles. The van der Waals surface area contributed by atoms with Crippen LogP contribution >= 0.6 is 9.24 Å². The number of rotatable bonds is 0. The van der Waals surface area contributed by atoms with Crippen LogP contribution in [0.2, 0.25) is 0 Å². The van der Waals surface area contributed by atoms with Gasteiger partial charge in [0, 0.05) is 17.6 Å². The quantitative estimate of drug-likeness (QED) is 0.635. The number of aromatic nitrogens is 1. The van der Waals surface area contributed by atoms with E-state index in [1.54, 1.807) is 12.3 Å². The van der Waals surface area contributed by atoms with Gasteiger partial charge in [-0.1, -0.05) is 6.66 Å². The monoisotopic (exact) mass is 183 g/mol. The second-order valence-corrected chi connectivity index (χ2v) is 1.98. The van der Waals surface area contributed by atoms with Crippen molar-refractivity contribution >= 4 is 20.3 Å². The highest BCUT2D eigenvalue weighted by atomic mass is 31.0. The number of hydrogen-bond acceptors (Lipinski definition) is 3. The molecule has 0 aliphatic rings. The van der Waals surface area contributed by atoms with Crippen LogP contribution in [0.1, 0.15) is 0 Å². The summed E-state index contributed by atoms with van der Waals surface area (Å²) in [5.41, 5.74) is 0.472. The number of furan rings is 1. The molecule has 1 unspecified atom stereocenters. The summed E-state index contributed by atoms with van der Waals surface area (Å²) in [5, 5.41) is 9.67. The number of aromatic hydroxyl groups is 1. The van der Waals surface area contributed by atoms with Crippen LogP contribution in [0.5, 0.6) is 5.95 Å². The number of nitrogens with zero attached hydrogens (tertiary/aromatic N) is 1. The van der Waals surface area contributed by atoms with Crippen LogP contribution in [0, 0.1) is 0 Å². The van der Waals surface area contributed by atoms with Crippen molar-refractivity contribution in [2.24, 2.45) is 0 Å². The van der Waals surface area contributed by atoms with Gasteiger partial charge >= 0.3 is 0 Å². The lowest BCUT2D eigenvalue weighted by atomic mass is 10.3. The largest absolute Gasteiger partial charge is 0.481 e. The predicted octanol–water partition coefficient (Wildman–Crippen LogP) is 2.02. The average Bonchev–Trinajstić information content (AvgIpc) is 2.48. The number of hydrogen-bond donors (Lipinski definition) is 1. The molecule has 2 heterocycles. The Morgan fingerprint density at radius 2 is 2.25 bits per heavy atom. The summed E-state index contributed by atoms with van der Waals surface area (Å²) in [6.45, 7) is 1.92. The van der Waals surface area contributed by atoms with E-state index in [0.29, 0.717) is 5.71 Å². The number of pyridine rings is 1. The lowest BCUT2D eigenvalue weighted by molar-refractivity contribution is 0.344. The van der Waals surface area contributed by atoms with Crippen molar-refractivity contribution in [1.29, 1.82) is 0 Å². The molecular weight excluding hydrogens is 173 g/mol. The Morgan fingerprint density at radius 3 is 2.92 bits per heavy atom. The molecule has 0 saturated heterocycles. The van der Waals surface area contributed by atoms with Crippen LogP contribution in [0.3, 0.4) is 0 Å². The van der Waals surface area contributed by atoms with E-state index in [4.69, 9.17) is 9.52 Å². The molecule has 0 saturated carbocycles. The fraction of sp³-hybridized carbons (Fsp3) is 0.125. The highest BCUT2D eigenvalue weighted by Gasteiger charge is 1.99. The van der Waals surface area contributed by atoms with E-state index in [9.17, 15) is 0 Å². The van der Waals surface area contributed by atoms with Crippen LogP contribution in [0.25, 0.3) is 11.1 Å². The summed E-state index contributed by atoms with van der Waals surface area (Å²) in [4.78, 5) is 3.88. The van der Waals surface area contributed by atoms with Gasteiger partial charge in [0.25, 0.3) is 5.95 Å². The van der Waals surface area contributed by atoms with Gasteiger partial charge in [-0.2, -0.15) is 0 Å². The first-order valence-electron chi connectivity index (χ1n) is 3.47. The highest BCUT2D eigenvalue weighted by molar-refractivity contribution is 7.15. The van der Waals surface area contributed by atoms with Crippen LogP contribution in [0.15, 0.2) is 28.8 Å². The average molecular weight is 183 g/mol. The fourth-order valence-electron chi connectivity index (χ4n) is 0.860. The van der Waals surface area contributed by atoms with Gasteiger partial charge < -0.3 is 9.52 Å². The molecule has 3 nitrogen and oxygen atoms in total. The van der Waals surface area contributed by atoms with Gasteiger partial charge in [-0.3, -0.25) is 0 Å². The zero-order valence-electron chi connectivity index (χ0n) is 6.69. The first-order valence-corrected chi connectivity index (χ1v) is 4.63. The molecule has 2 aromatic rings. The van der Waals surface area contributed by atoms with Gasteiger partial charge in [0.1, 0.15) is 0 Å². The van der Waals surface area contributed by atoms with Gasteiger partial charge in [-0.15, -0.1) is 9.24 Å². The van der Waals surface area contributed by atoms with Crippen molar-refractivity contribution in [3.05, 3.63) is 24.4 Å². The Labute approximate surface area is 72.6 Å². The topological polar surface area (TPSA) is 46.3 Å². The van der Waals surface area contributed by atoms with Gasteiger partial charge in [-0.05, 0) is 12.1 Å². The Morgan fingerprint density at radius 1 is 1.50 bits per heavy atom. The first kappa shape index (κ1) is 9.01. The fourth-order valence-corrected chi connectivity index (χ4v) is 0.860. The lowest BCUT2D eigenvalue weighted by Gasteiger charge is -1.80. The van der Waals surface area contributed by atoms with Crippen molar-refractivity contribution in [2.75, 3.05) is 6.66 Å². The van der Waals surface area contributed by atoms with E-state index in [1.807, 2.05) is 12.7 Å². The Kier molecular flexibility index (Phi) is 3.06. The summed E-state index contributed by atoms with van der Waals surface area (Å²) in [6, 6.07) is 5.14. The Balaban J connectivity index is 0.000000336. The second kappa shape index (κ2) is 4.07. The summed E-state index contributed by atoms with van der Waals surface area (Å²) in [7, 11) is 2.42.